The first kappa shape index (κ1) is 22.8. The van der Waals surface area contributed by atoms with E-state index in [1.165, 1.54) is 6.92 Å². The van der Waals surface area contributed by atoms with E-state index in [0.717, 1.165) is 0 Å². The smallest absolute Gasteiger partial charge is 0.337 e. The van der Waals surface area contributed by atoms with E-state index in [1.807, 2.05) is 0 Å². The fourth-order valence-corrected chi connectivity index (χ4v) is 2.48. The Hall–Kier alpha value is -2.20. The van der Waals surface area contributed by atoms with Gasteiger partial charge in [-0.25, -0.2) is 4.79 Å². The van der Waals surface area contributed by atoms with E-state index in [0.29, 0.717) is 12.8 Å². The highest BCUT2D eigenvalue weighted by atomic mass is 16.7. The lowest BCUT2D eigenvalue weighted by Crippen LogP contribution is -2.63. The number of carboxylic acid groups (broad SMARTS) is 1. The Balaban J connectivity index is 3.20. The predicted octanol–water partition coefficient (Wildman–Crippen LogP) is 0.534. The first-order valence-corrected chi connectivity index (χ1v) is 8.89. The lowest BCUT2D eigenvalue weighted by atomic mass is 9.97. The van der Waals surface area contributed by atoms with E-state index in [2.05, 4.69) is 0 Å². The standard InChI is InChI=1S/C17H26O10/c1-4-7-10(19)25-13-12(24-9(18)6-3)14(16(21)22)27-17(23)15(13)26-11(20)8-5-2/h12-15,17,23H,4-8H2,1-3H3,(H,21,22)/t12-,13-,14-,15+,17+/m0/s1. The molecule has 0 bridgehead atoms. The second kappa shape index (κ2) is 10.8. The molecule has 1 heterocycles. The predicted molar refractivity (Wildman–Crippen MR) is 88.3 cm³/mol. The number of carbonyl (C=O) groups excluding carboxylic acids is 3. The molecule has 0 aromatic rings. The van der Waals surface area contributed by atoms with Gasteiger partial charge in [0, 0.05) is 19.3 Å². The van der Waals surface area contributed by atoms with Crippen LogP contribution in [-0.4, -0.2) is 64.8 Å². The van der Waals surface area contributed by atoms with Gasteiger partial charge in [-0.2, -0.15) is 0 Å². The number of aliphatic hydroxyl groups is 1. The number of hydrogen-bond donors (Lipinski definition) is 2. The van der Waals surface area contributed by atoms with Gasteiger partial charge >= 0.3 is 23.9 Å². The molecule has 1 fully saturated rings. The third kappa shape index (κ3) is 6.47. The van der Waals surface area contributed by atoms with Gasteiger partial charge in [0.05, 0.1) is 0 Å². The zero-order valence-corrected chi connectivity index (χ0v) is 15.6. The molecule has 0 spiro atoms. The van der Waals surface area contributed by atoms with E-state index >= 15 is 0 Å². The van der Waals surface area contributed by atoms with Crippen LogP contribution >= 0.6 is 0 Å². The number of rotatable bonds is 9. The second-order valence-corrected chi connectivity index (χ2v) is 6.00. The lowest BCUT2D eigenvalue weighted by molar-refractivity contribution is -0.290. The topological polar surface area (TPSA) is 146 Å². The van der Waals surface area contributed by atoms with E-state index in [1.54, 1.807) is 13.8 Å². The number of carboxylic acids is 1. The molecule has 1 rings (SSSR count). The second-order valence-electron chi connectivity index (χ2n) is 6.00. The van der Waals surface area contributed by atoms with Crippen molar-refractivity contribution in [3.63, 3.8) is 0 Å². The Kier molecular flexibility index (Phi) is 9.16. The van der Waals surface area contributed by atoms with Crippen molar-refractivity contribution in [3.8, 4) is 0 Å². The zero-order valence-electron chi connectivity index (χ0n) is 15.6. The number of aliphatic hydroxyl groups excluding tert-OH is 1. The van der Waals surface area contributed by atoms with Gasteiger partial charge in [-0.05, 0) is 12.8 Å². The molecule has 0 unspecified atom stereocenters. The minimum atomic E-state index is -1.87. The molecular weight excluding hydrogens is 364 g/mol. The molecule has 1 aliphatic heterocycles. The molecule has 1 saturated heterocycles. The lowest BCUT2D eigenvalue weighted by Gasteiger charge is -2.41. The van der Waals surface area contributed by atoms with Crippen LogP contribution in [0, 0.1) is 0 Å². The van der Waals surface area contributed by atoms with E-state index in [9.17, 15) is 29.4 Å². The summed E-state index contributed by atoms with van der Waals surface area (Å²) in [5.74, 6) is -3.70. The number of esters is 3. The molecule has 0 aromatic carbocycles. The third-order valence-corrected chi connectivity index (χ3v) is 3.76. The van der Waals surface area contributed by atoms with Crippen molar-refractivity contribution in [2.45, 2.75) is 83.6 Å². The van der Waals surface area contributed by atoms with Gasteiger partial charge in [0.15, 0.2) is 30.7 Å². The Morgan fingerprint density at radius 3 is 1.74 bits per heavy atom. The molecule has 5 atom stereocenters. The van der Waals surface area contributed by atoms with Crippen molar-refractivity contribution < 1.29 is 48.3 Å². The minimum absolute atomic E-state index is 0.00919. The maximum absolute atomic E-state index is 12.0. The maximum Gasteiger partial charge on any atom is 0.337 e. The zero-order chi connectivity index (χ0) is 20.6. The number of aliphatic carboxylic acids is 1. The number of ether oxygens (including phenoxy) is 4. The highest BCUT2D eigenvalue weighted by molar-refractivity contribution is 5.76. The first-order valence-electron chi connectivity index (χ1n) is 8.89. The molecule has 0 aromatic heterocycles. The summed E-state index contributed by atoms with van der Waals surface area (Å²) < 4.78 is 20.5. The van der Waals surface area contributed by atoms with Crippen LogP contribution in [0.3, 0.4) is 0 Å². The van der Waals surface area contributed by atoms with Crippen molar-refractivity contribution in [1.82, 2.24) is 0 Å². The minimum Gasteiger partial charge on any atom is -0.479 e. The van der Waals surface area contributed by atoms with Gasteiger partial charge in [-0.1, -0.05) is 20.8 Å². The summed E-state index contributed by atoms with van der Waals surface area (Å²) >= 11 is 0. The average molecular weight is 390 g/mol. The van der Waals surface area contributed by atoms with E-state index < -0.39 is 54.6 Å². The van der Waals surface area contributed by atoms with Gasteiger partial charge in [-0.15, -0.1) is 0 Å². The number of hydrogen-bond acceptors (Lipinski definition) is 9. The molecule has 0 saturated carbocycles. The summed E-state index contributed by atoms with van der Waals surface area (Å²) in [7, 11) is 0. The van der Waals surface area contributed by atoms with Gasteiger partial charge in [0.2, 0.25) is 0 Å². The number of carbonyl (C=O) groups is 4. The molecular formula is C17H26O10. The Bertz CT molecular complexity index is 546. The van der Waals surface area contributed by atoms with Crippen LogP contribution in [0.2, 0.25) is 0 Å². The van der Waals surface area contributed by atoms with Crippen molar-refractivity contribution in [2.75, 3.05) is 0 Å². The summed E-state index contributed by atoms with van der Waals surface area (Å²) in [5, 5.41) is 19.5. The van der Waals surface area contributed by atoms with Crippen LogP contribution in [0.1, 0.15) is 52.9 Å². The summed E-state index contributed by atoms with van der Waals surface area (Å²) in [5.41, 5.74) is 0. The van der Waals surface area contributed by atoms with E-state index in [4.69, 9.17) is 18.9 Å². The van der Waals surface area contributed by atoms with Crippen LogP contribution in [-0.2, 0) is 38.1 Å². The maximum atomic E-state index is 12.0. The molecule has 0 aliphatic carbocycles. The molecule has 2 N–H and O–H groups in total. The highest BCUT2D eigenvalue weighted by Crippen LogP contribution is 2.28. The van der Waals surface area contributed by atoms with Crippen molar-refractivity contribution in [2.24, 2.45) is 0 Å². The quantitative estimate of drug-likeness (QED) is 0.422. The van der Waals surface area contributed by atoms with Gasteiger partial charge in [-0.3, -0.25) is 14.4 Å². The SMILES string of the molecule is CCCC(=O)O[C@@H]1[C@@H](OC(=O)CCC)[C@H](O)O[C@H](C(=O)O)[C@H]1OC(=O)CC. The summed E-state index contributed by atoms with van der Waals surface area (Å²) in [6.45, 7) is 4.96. The summed E-state index contributed by atoms with van der Waals surface area (Å²) in [6, 6.07) is 0. The summed E-state index contributed by atoms with van der Waals surface area (Å²) in [4.78, 5) is 47.1. The highest BCUT2D eigenvalue weighted by Gasteiger charge is 2.54. The molecule has 1 aliphatic rings. The van der Waals surface area contributed by atoms with Crippen LogP contribution < -0.4 is 0 Å². The molecule has 10 heteroatoms. The van der Waals surface area contributed by atoms with Crippen LogP contribution in [0.25, 0.3) is 0 Å². The average Bonchev–Trinajstić information content (AvgIpc) is 2.60. The first-order chi connectivity index (χ1) is 12.7. The fourth-order valence-electron chi connectivity index (χ4n) is 2.48. The van der Waals surface area contributed by atoms with E-state index in [-0.39, 0.29) is 19.3 Å². The monoisotopic (exact) mass is 390 g/mol. The molecule has 154 valence electrons. The van der Waals surface area contributed by atoms with Crippen LogP contribution in [0.15, 0.2) is 0 Å². The van der Waals surface area contributed by atoms with Crippen LogP contribution in [0.5, 0.6) is 0 Å². The molecule has 0 amide bonds. The molecule has 27 heavy (non-hydrogen) atoms. The Labute approximate surface area is 156 Å². The van der Waals surface area contributed by atoms with Crippen molar-refractivity contribution in [3.05, 3.63) is 0 Å². The molecule has 10 nitrogen and oxygen atoms in total. The van der Waals surface area contributed by atoms with Gasteiger partial charge < -0.3 is 29.2 Å². The molecule has 0 radical (unpaired) electrons. The van der Waals surface area contributed by atoms with Crippen molar-refractivity contribution >= 4 is 23.9 Å². The van der Waals surface area contributed by atoms with Crippen LogP contribution in [0.4, 0.5) is 0 Å². The largest absolute Gasteiger partial charge is 0.479 e. The Morgan fingerprint density at radius 1 is 0.815 bits per heavy atom. The summed E-state index contributed by atoms with van der Waals surface area (Å²) in [6.07, 6.45) is -7.42. The van der Waals surface area contributed by atoms with Gasteiger partial charge in [0.25, 0.3) is 0 Å². The van der Waals surface area contributed by atoms with Crippen molar-refractivity contribution in [1.29, 1.82) is 0 Å². The normalized spacial score (nSPS) is 27.5. The van der Waals surface area contributed by atoms with Gasteiger partial charge in [0.1, 0.15) is 0 Å². The Morgan fingerprint density at radius 2 is 1.30 bits per heavy atom. The fraction of sp³-hybridized carbons (Fsp3) is 0.765. The third-order valence-electron chi connectivity index (χ3n) is 3.76.